The van der Waals surface area contributed by atoms with Crippen LogP contribution < -0.4 is 0 Å². The number of Topliss-reactive ketones (excluding diaryl/α,β-unsaturated/α-hetero) is 1. The van der Waals surface area contributed by atoms with Gasteiger partial charge in [0.2, 0.25) is 0 Å². The molecule has 1 aromatic carbocycles. The highest BCUT2D eigenvalue weighted by atomic mass is 16.1. The van der Waals surface area contributed by atoms with E-state index in [-0.39, 0.29) is 5.92 Å². The fourth-order valence-corrected chi connectivity index (χ4v) is 2.50. The molecule has 3 heteroatoms. The van der Waals surface area contributed by atoms with Gasteiger partial charge in [-0.25, -0.2) is 4.98 Å². The van der Waals surface area contributed by atoms with E-state index in [1.54, 1.807) is 0 Å². The Morgan fingerprint density at radius 1 is 1.30 bits per heavy atom. The molecule has 2 aromatic rings. The van der Waals surface area contributed by atoms with Gasteiger partial charge in [-0.3, -0.25) is 4.79 Å². The number of rotatable bonds is 7. The van der Waals surface area contributed by atoms with Gasteiger partial charge in [-0.2, -0.15) is 0 Å². The molecule has 0 unspecified atom stereocenters. The van der Waals surface area contributed by atoms with Crippen LogP contribution in [0.4, 0.5) is 0 Å². The zero-order valence-electron chi connectivity index (χ0n) is 12.7. The van der Waals surface area contributed by atoms with Crippen LogP contribution in [0, 0.1) is 5.92 Å². The van der Waals surface area contributed by atoms with Crippen LogP contribution in [0.1, 0.15) is 45.9 Å². The zero-order valence-corrected chi connectivity index (χ0v) is 12.7. The van der Waals surface area contributed by atoms with Crippen molar-refractivity contribution in [3.05, 3.63) is 30.1 Å². The summed E-state index contributed by atoms with van der Waals surface area (Å²) in [5.41, 5.74) is 2.27. The number of hydrogen-bond acceptors (Lipinski definition) is 2. The highest BCUT2D eigenvalue weighted by molar-refractivity contribution is 5.80. The fourth-order valence-electron chi connectivity index (χ4n) is 2.50. The summed E-state index contributed by atoms with van der Waals surface area (Å²) >= 11 is 0. The molecule has 0 aliphatic rings. The van der Waals surface area contributed by atoms with Crippen molar-refractivity contribution in [1.82, 2.24) is 9.55 Å². The van der Waals surface area contributed by atoms with Gasteiger partial charge in [0.1, 0.15) is 11.6 Å². The van der Waals surface area contributed by atoms with Crippen molar-refractivity contribution in [1.29, 1.82) is 0 Å². The number of aryl methyl sites for hydroxylation is 2. The van der Waals surface area contributed by atoms with Crippen LogP contribution in [0.25, 0.3) is 11.0 Å². The lowest BCUT2D eigenvalue weighted by atomic mass is 10.0. The second kappa shape index (κ2) is 6.69. The van der Waals surface area contributed by atoms with E-state index in [1.165, 1.54) is 5.52 Å². The fraction of sp³-hybridized carbons (Fsp3) is 0.529. The molecule has 0 N–H and O–H groups in total. The molecular weight excluding hydrogens is 248 g/mol. The molecule has 0 spiro atoms. The van der Waals surface area contributed by atoms with Crippen molar-refractivity contribution in [3.8, 4) is 0 Å². The lowest BCUT2D eigenvalue weighted by Crippen LogP contribution is -2.08. The van der Waals surface area contributed by atoms with Crippen molar-refractivity contribution in [2.75, 3.05) is 0 Å². The third kappa shape index (κ3) is 3.27. The van der Waals surface area contributed by atoms with E-state index in [9.17, 15) is 4.79 Å². The van der Waals surface area contributed by atoms with Gasteiger partial charge in [-0.1, -0.05) is 32.9 Å². The van der Waals surface area contributed by atoms with Gasteiger partial charge in [-0.15, -0.1) is 0 Å². The monoisotopic (exact) mass is 272 g/mol. The highest BCUT2D eigenvalue weighted by Gasteiger charge is 2.11. The number of benzene rings is 1. The number of imidazole rings is 1. The zero-order chi connectivity index (χ0) is 14.5. The smallest absolute Gasteiger partial charge is 0.135 e. The first-order valence-electron chi connectivity index (χ1n) is 7.60. The Morgan fingerprint density at radius 3 is 2.75 bits per heavy atom. The van der Waals surface area contributed by atoms with Gasteiger partial charge in [0.25, 0.3) is 0 Å². The summed E-state index contributed by atoms with van der Waals surface area (Å²) in [4.78, 5) is 16.4. The molecule has 0 fully saturated rings. The van der Waals surface area contributed by atoms with Crippen molar-refractivity contribution in [2.45, 2.75) is 53.0 Å². The summed E-state index contributed by atoms with van der Waals surface area (Å²) < 4.78 is 2.30. The molecule has 1 aromatic heterocycles. The molecule has 0 bridgehead atoms. The maximum absolute atomic E-state index is 11.7. The largest absolute Gasteiger partial charge is 0.328 e. The Bertz CT molecular complexity index is 584. The first-order chi connectivity index (χ1) is 9.63. The van der Waals surface area contributed by atoms with Gasteiger partial charge in [0, 0.05) is 25.3 Å². The Hall–Kier alpha value is -1.64. The SMILES string of the molecule is CCCn1c(CCCC(=O)C(C)C)nc2ccccc21. The average molecular weight is 272 g/mol. The summed E-state index contributed by atoms with van der Waals surface area (Å²) in [6, 6.07) is 8.27. The molecule has 1 heterocycles. The number of fused-ring (bicyclic) bond motifs is 1. The molecule has 0 saturated carbocycles. The second-order valence-corrected chi connectivity index (χ2v) is 5.64. The van der Waals surface area contributed by atoms with Crippen molar-refractivity contribution in [3.63, 3.8) is 0 Å². The molecule has 0 atom stereocenters. The van der Waals surface area contributed by atoms with E-state index >= 15 is 0 Å². The average Bonchev–Trinajstić information content (AvgIpc) is 2.77. The number of para-hydroxylation sites is 2. The van der Waals surface area contributed by atoms with Crippen LogP contribution >= 0.6 is 0 Å². The lowest BCUT2D eigenvalue weighted by molar-refractivity contribution is -0.121. The number of carbonyl (C=O) groups is 1. The van der Waals surface area contributed by atoms with E-state index in [2.05, 4.69) is 29.7 Å². The van der Waals surface area contributed by atoms with Crippen molar-refractivity contribution >= 4 is 16.8 Å². The van der Waals surface area contributed by atoms with Crippen LogP contribution in [0.2, 0.25) is 0 Å². The van der Waals surface area contributed by atoms with Crippen molar-refractivity contribution < 1.29 is 4.79 Å². The number of carbonyl (C=O) groups excluding carboxylic acids is 1. The van der Waals surface area contributed by atoms with Crippen LogP contribution in [-0.2, 0) is 17.8 Å². The first-order valence-corrected chi connectivity index (χ1v) is 7.60. The maximum atomic E-state index is 11.7. The quantitative estimate of drug-likeness (QED) is 0.763. The molecular formula is C17H24N2O. The van der Waals surface area contributed by atoms with Crippen LogP contribution in [0.3, 0.4) is 0 Å². The van der Waals surface area contributed by atoms with Gasteiger partial charge in [-0.05, 0) is 25.0 Å². The number of ketones is 1. The first kappa shape index (κ1) is 14.8. The molecule has 2 rings (SSSR count). The second-order valence-electron chi connectivity index (χ2n) is 5.64. The molecule has 20 heavy (non-hydrogen) atoms. The number of aromatic nitrogens is 2. The van der Waals surface area contributed by atoms with E-state index in [0.717, 1.165) is 37.1 Å². The number of hydrogen-bond donors (Lipinski definition) is 0. The number of nitrogens with zero attached hydrogens (tertiary/aromatic N) is 2. The van der Waals surface area contributed by atoms with Crippen LogP contribution in [0.5, 0.6) is 0 Å². The standard InChI is InChI=1S/C17H24N2O/c1-4-12-19-15-9-6-5-8-14(15)18-17(19)11-7-10-16(20)13(2)3/h5-6,8-9,13H,4,7,10-12H2,1-3H3. The molecule has 0 saturated heterocycles. The predicted molar refractivity (Wildman–Crippen MR) is 82.8 cm³/mol. The Kier molecular flexibility index (Phi) is 4.94. The normalized spacial score (nSPS) is 11.4. The van der Waals surface area contributed by atoms with Gasteiger partial charge in [0.15, 0.2) is 0 Å². The minimum absolute atomic E-state index is 0.143. The summed E-state index contributed by atoms with van der Waals surface area (Å²) in [7, 11) is 0. The van der Waals surface area contributed by atoms with Crippen LogP contribution in [0.15, 0.2) is 24.3 Å². The minimum Gasteiger partial charge on any atom is -0.328 e. The topological polar surface area (TPSA) is 34.9 Å². The van der Waals surface area contributed by atoms with Gasteiger partial charge < -0.3 is 4.57 Å². The molecule has 3 nitrogen and oxygen atoms in total. The third-order valence-electron chi connectivity index (χ3n) is 3.65. The third-order valence-corrected chi connectivity index (χ3v) is 3.65. The van der Waals surface area contributed by atoms with E-state index in [1.807, 2.05) is 19.9 Å². The summed E-state index contributed by atoms with van der Waals surface area (Å²) in [5, 5.41) is 0. The van der Waals surface area contributed by atoms with E-state index in [0.29, 0.717) is 12.2 Å². The Morgan fingerprint density at radius 2 is 2.05 bits per heavy atom. The summed E-state index contributed by atoms with van der Waals surface area (Å²) in [5.74, 6) is 1.61. The molecule has 0 aliphatic heterocycles. The van der Waals surface area contributed by atoms with Crippen molar-refractivity contribution in [2.24, 2.45) is 5.92 Å². The lowest BCUT2D eigenvalue weighted by Gasteiger charge is -2.08. The van der Waals surface area contributed by atoms with Gasteiger partial charge >= 0.3 is 0 Å². The molecule has 0 radical (unpaired) electrons. The predicted octanol–water partition coefficient (Wildman–Crippen LogP) is 3.99. The molecule has 108 valence electrons. The molecule has 0 aliphatic carbocycles. The minimum atomic E-state index is 0.143. The van der Waals surface area contributed by atoms with E-state index < -0.39 is 0 Å². The Labute approximate surface area is 121 Å². The Balaban J connectivity index is 2.12. The maximum Gasteiger partial charge on any atom is 0.135 e. The van der Waals surface area contributed by atoms with E-state index in [4.69, 9.17) is 4.98 Å². The molecule has 0 amide bonds. The summed E-state index contributed by atoms with van der Waals surface area (Å²) in [6.07, 6.45) is 3.53. The van der Waals surface area contributed by atoms with Gasteiger partial charge in [0.05, 0.1) is 11.0 Å². The highest BCUT2D eigenvalue weighted by Crippen LogP contribution is 2.18. The summed E-state index contributed by atoms with van der Waals surface area (Å²) in [6.45, 7) is 7.11. The van der Waals surface area contributed by atoms with Crippen LogP contribution in [-0.4, -0.2) is 15.3 Å².